The van der Waals surface area contributed by atoms with E-state index in [2.05, 4.69) is 205 Å². The van der Waals surface area contributed by atoms with Crippen LogP contribution in [0.3, 0.4) is 0 Å². The minimum atomic E-state index is -0.243. The lowest BCUT2D eigenvalue weighted by atomic mass is 9.82. The molecule has 2 aromatic heterocycles. The van der Waals surface area contributed by atoms with Gasteiger partial charge in [0, 0.05) is 55.0 Å². The number of furan rings is 2. The lowest BCUT2D eigenvalue weighted by molar-refractivity contribution is 0.590. The van der Waals surface area contributed by atoms with Gasteiger partial charge in [-0.2, -0.15) is 0 Å². The van der Waals surface area contributed by atoms with Gasteiger partial charge in [0.2, 0.25) is 0 Å². The molecule has 12 rings (SSSR count). The van der Waals surface area contributed by atoms with Crippen LogP contribution in [0.2, 0.25) is 0 Å². The van der Waals surface area contributed by atoms with E-state index < -0.39 is 0 Å². The third-order valence-corrected chi connectivity index (χ3v) is 14.0. The number of hydrogen-bond acceptors (Lipinski definition) is 3. The molecule has 0 saturated carbocycles. The normalized spacial score (nSPS) is 14.7. The summed E-state index contributed by atoms with van der Waals surface area (Å²) in [6, 6.07) is 58.2. The molecule has 0 radical (unpaired) electrons. The first-order valence-corrected chi connectivity index (χ1v) is 21.6. The summed E-state index contributed by atoms with van der Waals surface area (Å²) >= 11 is 0. The topological polar surface area (TPSA) is 29.5 Å². The number of fused-ring (bicyclic) bond motifs is 12. The van der Waals surface area contributed by atoms with Gasteiger partial charge in [-0.25, -0.2) is 0 Å². The molecule has 2 aliphatic carbocycles. The highest BCUT2D eigenvalue weighted by atomic mass is 16.3. The monoisotopic (exact) mass is 789 g/mol. The number of benzene rings is 8. The van der Waals surface area contributed by atoms with Crippen molar-refractivity contribution in [2.45, 2.75) is 64.7 Å². The van der Waals surface area contributed by atoms with E-state index in [1.807, 2.05) is 6.07 Å². The van der Waals surface area contributed by atoms with Crippen LogP contribution in [-0.2, 0) is 16.2 Å². The minimum absolute atomic E-state index is 0.0485. The molecule has 0 bridgehead atoms. The third-order valence-electron chi connectivity index (χ3n) is 14.0. The smallest absolute Gasteiger partial charge is 0.143 e. The van der Waals surface area contributed by atoms with Crippen molar-refractivity contribution in [1.29, 1.82) is 0 Å². The predicted molar refractivity (Wildman–Crippen MR) is 255 cm³/mol. The number of para-hydroxylation sites is 2. The van der Waals surface area contributed by atoms with E-state index in [-0.39, 0.29) is 16.2 Å². The maximum absolute atomic E-state index is 6.56. The second-order valence-electron chi connectivity index (χ2n) is 19.4. The fraction of sp³-hybridized carbons (Fsp3) is 0.172. The van der Waals surface area contributed by atoms with Gasteiger partial charge in [-0.15, -0.1) is 0 Å². The standard InChI is InChI=1S/C58H47NO2/c1-56(2,3)35-21-28-53-46(29-35)47-32-45-42-27-25-38(31-50(42)58(6,7)51(45)33-54(47)60-53)59(37-24-26-41-40-13-8-10-17-48(40)57(4,5)49(41)30-37)36-22-19-34(20-23-36)39-15-12-16-44-43-14-9-11-18-52(43)61-55(39)44/h8-33H,1-7H3. The largest absolute Gasteiger partial charge is 0.456 e. The van der Waals surface area contributed by atoms with Crippen molar-refractivity contribution >= 4 is 60.9 Å². The minimum Gasteiger partial charge on any atom is -0.456 e. The van der Waals surface area contributed by atoms with E-state index in [1.165, 1.54) is 60.8 Å². The van der Waals surface area contributed by atoms with Crippen molar-refractivity contribution in [1.82, 2.24) is 0 Å². The summed E-state index contributed by atoms with van der Waals surface area (Å²) in [6.07, 6.45) is 0. The SMILES string of the molecule is CC(C)(C)c1ccc2oc3cc4c(cc3c2c1)-c1ccc(N(c2ccc(-c3cccc5c3oc3ccccc35)cc2)c2ccc3c(c2)C(C)(C)c2ccccc2-3)cc1C4(C)C. The molecule has 0 atom stereocenters. The van der Waals surface area contributed by atoms with Crippen LogP contribution in [0.5, 0.6) is 0 Å². The molecule has 0 amide bonds. The van der Waals surface area contributed by atoms with E-state index in [0.29, 0.717) is 0 Å². The van der Waals surface area contributed by atoms with Gasteiger partial charge in [-0.05, 0) is 128 Å². The number of rotatable bonds is 4. The highest BCUT2D eigenvalue weighted by Gasteiger charge is 2.38. The van der Waals surface area contributed by atoms with Crippen molar-refractivity contribution in [3.63, 3.8) is 0 Å². The molecule has 0 saturated heterocycles. The Labute approximate surface area is 356 Å². The molecule has 10 aromatic rings. The molecule has 296 valence electrons. The van der Waals surface area contributed by atoms with E-state index in [4.69, 9.17) is 8.83 Å². The second kappa shape index (κ2) is 12.4. The van der Waals surface area contributed by atoms with Gasteiger partial charge < -0.3 is 13.7 Å². The van der Waals surface area contributed by atoms with Crippen LogP contribution in [0, 0.1) is 0 Å². The molecular formula is C58H47NO2. The van der Waals surface area contributed by atoms with Crippen molar-refractivity contribution < 1.29 is 8.83 Å². The van der Waals surface area contributed by atoms with Crippen LogP contribution in [0.25, 0.3) is 77.3 Å². The first-order chi connectivity index (χ1) is 29.4. The average Bonchev–Trinajstić information content (AvgIpc) is 3.95. The van der Waals surface area contributed by atoms with Crippen LogP contribution < -0.4 is 4.90 Å². The molecule has 2 heterocycles. The third kappa shape index (κ3) is 5.16. The van der Waals surface area contributed by atoms with Crippen LogP contribution >= 0.6 is 0 Å². The van der Waals surface area contributed by atoms with Gasteiger partial charge in [0.05, 0.1) is 0 Å². The van der Waals surface area contributed by atoms with Crippen LogP contribution in [0.15, 0.2) is 167 Å². The Kier molecular flexibility index (Phi) is 7.31. The molecule has 3 nitrogen and oxygen atoms in total. The number of nitrogens with zero attached hydrogens (tertiary/aromatic N) is 1. The Morgan fingerprint density at radius 2 is 0.967 bits per heavy atom. The maximum atomic E-state index is 6.56. The van der Waals surface area contributed by atoms with Crippen LogP contribution in [-0.4, -0.2) is 0 Å². The zero-order valence-electron chi connectivity index (χ0n) is 35.8. The molecule has 8 aromatic carbocycles. The second-order valence-corrected chi connectivity index (χ2v) is 19.4. The van der Waals surface area contributed by atoms with E-state index in [1.54, 1.807) is 0 Å². The molecule has 61 heavy (non-hydrogen) atoms. The van der Waals surface area contributed by atoms with Gasteiger partial charge in [0.25, 0.3) is 0 Å². The molecular weight excluding hydrogens is 743 g/mol. The molecule has 2 aliphatic rings. The molecule has 0 unspecified atom stereocenters. The summed E-state index contributed by atoms with van der Waals surface area (Å²) in [5.41, 5.74) is 20.8. The van der Waals surface area contributed by atoms with Crippen molar-refractivity contribution in [3.05, 3.63) is 186 Å². The first-order valence-electron chi connectivity index (χ1n) is 21.6. The Balaban J connectivity index is 1.01. The lowest BCUT2D eigenvalue weighted by Gasteiger charge is -2.30. The van der Waals surface area contributed by atoms with Crippen molar-refractivity contribution in [3.8, 4) is 33.4 Å². The van der Waals surface area contributed by atoms with Gasteiger partial charge in [0.15, 0.2) is 0 Å². The van der Waals surface area contributed by atoms with E-state index in [0.717, 1.165) is 61.3 Å². The Hall–Kier alpha value is -6.84. The fourth-order valence-electron chi connectivity index (χ4n) is 10.6. The summed E-state index contributed by atoms with van der Waals surface area (Å²) in [4.78, 5) is 2.44. The van der Waals surface area contributed by atoms with Gasteiger partial charge in [-0.3, -0.25) is 0 Å². The zero-order chi connectivity index (χ0) is 41.6. The maximum Gasteiger partial charge on any atom is 0.143 e. The number of hydrogen-bond donors (Lipinski definition) is 0. The predicted octanol–water partition coefficient (Wildman–Crippen LogP) is 16.5. The fourth-order valence-corrected chi connectivity index (χ4v) is 10.6. The van der Waals surface area contributed by atoms with E-state index in [9.17, 15) is 0 Å². The average molecular weight is 790 g/mol. The Bertz CT molecular complexity index is 3460. The van der Waals surface area contributed by atoms with Gasteiger partial charge in [0.1, 0.15) is 22.3 Å². The summed E-state index contributed by atoms with van der Waals surface area (Å²) in [6.45, 7) is 16.3. The number of anilines is 3. The zero-order valence-corrected chi connectivity index (χ0v) is 35.8. The highest BCUT2D eigenvalue weighted by molar-refractivity contribution is 6.10. The molecule has 0 fully saturated rings. The first kappa shape index (κ1) is 36.0. The van der Waals surface area contributed by atoms with Crippen molar-refractivity contribution in [2.75, 3.05) is 4.90 Å². The Morgan fingerprint density at radius 3 is 1.72 bits per heavy atom. The summed E-state index contributed by atoms with van der Waals surface area (Å²) < 4.78 is 13.0. The van der Waals surface area contributed by atoms with Gasteiger partial charge >= 0.3 is 0 Å². The molecule has 0 spiro atoms. The Morgan fingerprint density at radius 1 is 0.393 bits per heavy atom. The molecule has 0 N–H and O–H groups in total. The van der Waals surface area contributed by atoms with Crippen molar-refractivity contribution in [2.24, 2.45) is 0 Å². The highest BCUT2D eigenvalue weighted by Crippen LogP contribution is 2.54. The quantitative estimate of drug-likeness (QED) is 0.178. The van der Waals surface area contributed by atoms with E-state index >= 15 is 0 Å². The molecule has 0 aliphatic heterocycles. The molecule has 3 heteroatoms. The van der Waals surface area contributed by atoms with Crippen LogP contribution in [0.4, 0.5) is 17.1 Å². The summed E-state index contributed by atoms with van der Waals surface area (Å²) in [5, 5.41) is 4.63. The summed E-state index contributed by atoms with van der Waals surface area (Å²) in [7, 11) is 0. The van der Waals surface area contributed by atoms with Gasteiger partial charge in [-0.1, -0.05) is 139 Å². The lowest BCUT2D eigenvalue weighted by Crippen LogP contribution is -2.18. The van der Waals surface area contributed by atoms with Crippen LogP contribution in [0.1, 0.15) is 76.3 Å². The summed E-state index contributed by atoms with van der Waals surface area (Å²) in [5.74, 6) is 0.